The van der Waals surface area contributed by atoms with Crippen molar-refractivity contribution in [2.24, 2.45) is 0 Å². The summed E-state index contributed by atoms with van der Waals surface area (Å²) in [4.78, 5) is 27.5. The van der Waals surface area contributed by atoms with Gasteiger partial charge in [0.15, 0.2) is 0 Å². The molecule has 1 heterocycles. The molecule has 6 nitrogen and oxygen atoms in total. The van der Waals surface area contributed by atoms with Gasteiger partial charge in [-0.25, -0.2) is 9.59 Å². The summed E-state index contributed by atoms with van der Waals surface area (Å²) in [5.74, 6) is -0.456. The second-order valence-corrected chi connectivity index (χ2v) is 8.22. The summed E-state index contributed by atoms with van der Waals surface area (Å²) in [6.45, 7) is 5.67. The fourth-order valence-electron chi connectivity index (χ4n) is 4.08. The summed E-state index contributed by atoms with van der Waals surface area (Å²) >= 11 is 0. The minimum Gasteiger partial charge on any atom is -0.457 e. The molecule has 2 N–H and O–H groups in total. The van der Waals surface area contributed by atoms with Crippen molar-refractivity contribution in [1.82, 2.24) is 10.6 Å². The summed E-state index contributed by atoms with van der Waals surface area (Å²) in [5, 5.41) is 5.57. The third-order valence-electron chi connectivity index (χ3n) is 5.89. The first-order valence-corrected chi connectivity index (χ1v) is 11.4. The Morgan fingerprint density at radius 1 is 0.912 bits per heavy atom. The Balaban J connectivity index is 1.53. The molecule has 1 unspecified atom stereocenters. The van der Waals surface area contributed by atoms with Crippen molar-refractivity contribution < 1.29 is 14.3 Å². The van der Waals surface area contributed by atoms with Crippen molar-refractivity contribution in [2.75, 3.05) is 11.4 Å². The van der Waals surface area contributed by atoms with Crippen molar-refractivity contribution in [3.05, 3.63) is 113 Å². The van der Waals surface area contributed by atoms with Gasteiger partial charge in [-0.2, -0.15) is 0 Å². The second kappa shape index (κ2) is 10.7. The van der Waals surface area contributed by atoms with Crippen LogP contribution in [0.2, 0.25) is 0 Å². The van der Waals surface area contributed by atoms with Crippen molar-refractivity contribution in [3.8, 4) is 0 Å². The van der Waals surface area contributed by atoms with E-state index in [-0.39, 0.29) is 12.6 Å². The maximum absolute atomic E-state index is 13.0. The number of amides is 2. The highest BCUT2D eigenvalue weighted by atomic mass is 16.5. The maximum atomic E-state index is 13.0. The zero-order chi connectivity index (χ0) is 23.9. The van der Waals surface area contributed by atoms with Crippen LogP contribution in [-0.4, -0.2) is 18.5 Å². The van der Waals surface area contributed by atoms with E-state index in [1.165, 1.54) is 5.56 Å². The quantitative estimate of drug-likeness (QED) is 0.465. The Morgan fingerprint density at radius 3 is 2.15 bits per heavy atom. The van der Waals surface area contributed by atoms with Gasteiger partial charge < -0.3 is 20.3 Å². The molecule has 0 aromatic heterocycles. The van der Waals surface area contributed by atoms with Crippen LogP contribution in [0.1, 0.15) is 36.6 Å². The number of nitrogens with one attached hydrogen (secondary N) is 2. The molecule has 6 heteroatoms. The molecule has 174 valence electrons. The monoisotopic (exact) mass is 455 g/mol. The van der Waals surface area contributed by atoms with Crippen molar-refractivity contribution in [1.29, 1.82) is 0 Å². The fourth-order valence-corrected chi connectivity index (χ4v) is 4.08. The van der Waals surface area contributed by atoms with Gasteiger partial charge in [-0.3, -0.25) is 0 Å². The normalized spacial score (nSPS) is 15.4. The number of benzene rings is 3. The predicted molar refractivity (Wildman–Crippen MR) is 133 cm³/mol. The van der Waals surface area contributed by atoms with Gasteiger partial charge in [-0.05, 0) is 42.7 Å². The van der Waals surface area contributed by atoms with E-state index in [4.69, 9.17) is 4.74 Å². The number of hydrogen-bond acceptors (Lipinski definition) is 4. The number of carbonyl (C=O) groups is 2. The van der Waals surface area contributed by atoms with E-state index in [1.807, 2.05) is 72.8 Å². The lowest BCUT2D eigenvalue weighted by Crippen LogP contribution is -2.45. The van der Waals surface area contributed by atoms with Crippen LogP contribution in [0, 0.1) is 0 Å². The first-order chi connectivity index (χ1) is 16.5. The molecule has 0 fully saturated rings. The molecule has 3 aromatic rings. The predicted octanol–water partition coefficient (Wildman–Crippen LogP) is 5.08. The van der Waals surface area contributed by atoms with E-state index >= 15 is 0 Å². The molecular weight excluding hydrogens is 426 g/mol. The minimum atomic E-state index is -0.588. The van der Waals surface area contributed by atoms with Crippen molar-refractivity contribution in [3.63, 3.8) is 0 Å². The van der Waals surface area contributed by atoms with Crippen LogP contribution in [0.5, 0.6) is 0 Å². The van der Waals surface area contributed by atoms with Crippen LogP contribution in [0.3, 0.4) is 0 Å². The van der Waals surface area contributed by atoms with Gasteiger partial charge in [0.2, 0.25) is 0 Å². The Bertz CT molecular complexity index is 1160. The highest BCUT2D eigenvalue weighted by molar-refractivity contribution is 5.95. The van der Waals surface area contributed by atoms with Crippen molar-refractivity contribution >= 4 is 17.7 Å². The summed E-state index contributed by atoms with van der Waals surface area (Å²) in [5.41, 5.74) is 4.93. The molecule has 0 bridgehead atoms. The molecule has 0 saturated heterocycles. The third kappa shape index (κ3) is 5.46. The van der Waals surface area contributed by atoms with Gasteiger partial charge >= 0.3 is 12.0 Å². The average Bonchev–Trinajstić information content (AvgIpc) is 2.87. The molecule has 1 atom stereocenters. The lowest BCUT2D eigenvalue weighted by Gasteiger charge is -2.29. The minimum absolute atomic E-state index is 0.168. The second-order valence-electron chi connectivity index (χ2n) is 8.22. The standard InChI is InChI=1S/C28H29N3O3/c1-3-31(18-21-10-6-4-7-11-21)24-16-14-23(15-17-24)26-25(20(2)29-28(33)30-26)27(32)34-19-22-12-8-5-9-13-22/h4-17,26H,3,18-19H2,1-2H3,(H2,29,30,33). The number of anilines is 1. The first-order valence-electron chi connectivity index (χ1n) is 11.4. The molecule has 1 aliphatic heterocycles. The number of rotatable bonds is 8. The molecule has 2 amide bonds. The summed E-state index contributed by atoms with van der Waals surface area (Å²) < 4.78 is 5.57. The Labute approximate surface area is 200 Å². The number of ether oxygens (including phenoxy) is 1. The van der Waals surface area contributed by atoms with Gasteiger partial charge in [0, 0.05) is 24.5 Å². The molecule has 34 heavy (non-hydrogen) atoms. The zero-order valence-corrected chi connectivity index (χ0v) is 19.5. The average molecular weight is 456 g/mol. The third-order valence-corrected chi connectivity index (χ3v) is 5.89. The highest BCUT2D eigenvalue weighted by Crippen LogP contribution is 2.29. The number of allylic oxidation sites excluding steroid dienone is 1. The number of urea groups is 1. The molecule has 0 radical (unpaired) electrons. The molecule has 3 aromatic carbocycles. The molecule has 1 aliphatic rings. The summed E-state index contributed by atoms with van der Waals surface area (Å²) in [6.07, 6.45) is 0. The SMILES string of the molecule is CCN(Cc1ccccc1)c1ccc(C2NC(=O)NC(C)=C2C(=O)OCc2ccccc2)cc1. The van der Waals surface area contributed by atoms with Gasteiger partial charge in [0.1, 0.15) is 6.61 Å². The number of carbonyl (C=O) groups excluding carboxylic acids is 2. The van der Waals surface area contributed by atoms with E-state index in [9.17, 15) is 9.59 Å². The van der Waals surface area contributed by atoms with E-state index in [2.05, 4.69) is 34.6 Å². The number of esters is 1. The smallest absolute Gasteiger partial charge is 0.338 e. The molecule has 0 spiro atoms. The van der Waals surface area contributed by atoms with Crippen LogP contribution in [0.15, 0.2) is 96.2 Å². The van der Waals surface area contributed by atoms with E-state index in [1.54, 1.807) is 6.92 Å². The highest BCUT2D eigenvalue weighted by Gasteiger charge is 2.32. The number of nitrogens with zero attached hydrogens (tertiary/aromatic N) is 1. The van der Waals surface area contributed by atoms with Crippen molar-refractivity contribution in [2.45, 2.75) is 33.0 Å². The van der Waals surface area contributed by atoms with E-state index in [0.29, 0.717) is 11.3 Å². The first kappa shape index (κ1) is 23.1. The van der Waals surface area contributed by atoms with Gasteiger partial charge in [0.05, 0.1) is 11.6 Å². The lowest BCUT2D eigenvalue weighted by molar-refractivity contribution is -0.140. The largest absolute Gasteiger partial charge is 0.457 e. The van der Waals surface area contributed by atoms with Gasteiger partial charge in [0.25, 0.3) is 0 Å². The Morgan fingerprint density at radius 2 is 1.53 bits per heavy atom. The Hall–Kier alpha value is -4.06. The van der Waals surface area contributed by atoms with Crippen LogP contribution in [-0.2, 0) is 22.7 Å². The maximum Gasteiger partial charge on any atom is 0.338 e. The van der Waals surface area contributed by atoms with Crippen LogP contribution in [0.4, 0.5) is 10.5 Å². The van der Waals surface area contributed by atoms with Crippen LogP contribution >= 0.6 is 0 Å². The Kier molecular flexibility index (Phi) is 7.28. The van der Waals surface area contributed by atoms with E-state index < -0.39 is 12.0 Å². The van der Waals surface area contributed by atoms with Crippen LogP contribution < -0.4 is 15.5 Å². The lowest BCUT2D eigenvalue weighted by atomic mass is 9.95. The van der Waals surface area contributed by atoms with Gasteiger partial charge in [-0.1, -0.05) is 72.8 Å². The molecular formula is C28H29N3O3. The number of hydrogen-bond donors (Lipinski definition) is 2. The molecule has 4 rings (SSSR count). The van der Waals surface area contributed by atoms with E-state index in [0.717, 1.165) is 29.9 Å². The summed E-state index contributed by atoms with van der Waals surface area (Å²) in [7, 11) is 0. The summed E-state index contributed by atoms with van der Waals surface area (Å²) in [6, 6.07) is 26.9. The molecule has 0 saturated carbocycles. The van der Waals surface area contributed by atoms with Crippen LogP contribution in [0.25, 0.3) is 0 Å². The zero-order valence-electron chi connectivity index (χ0n) is 19.5. The topological polar surface area (TPSA) is 70.7 Å². The molecule has 0 aliphatic carbocycles. The van der Waals surface area contributed by atoms with Gasteiger partial charge in [-0.15, -0.1) is 0 Å². The fraction of sp³-hybridized carbons (Fsp3) is 0.214.